The van der Waals surface area contributed by atoms with Crippen molar-refractivity contribution in [3.05, 3.63) is 170 Å². The molecule has 0 N–H and O–H groups in total. The normalized spacial score (nSPS) is 11.4. The van der Waals surface area contributed by atoms with Crippen LogP contribution in [0.1, 0.15) is 0 Å². The Labute approximate surface area is 276 Å². The van der Waals surface area contributed by atoms with Crippen LogP contribution in [0.15, 0.2) is 174 Å². The average molecular weight is 621 g/mol. The fraction of sp³-hybridized carbons (Fsp3) is 0. The van der Waals surface area contributed by atoms with Gasteiger partial charge in [-0.05, 0) is 64.7 Å². The molecule has 0 aliphatic heterocycles. The van der Waals surface area contributed by atoms with Crippen LogP contribution in [0.2, 0.25) is 0 Å². The van der Waals surface area contributed by atoms with E-state index in [1.807, 2.05) is 6.07 Å². The maximum absolute atomic E-state index is 6.54. The third-order valence-corrected chi connectivity index (χ3v) is 9.78. The summed E-state index contributed by atoms with van der Waals surface area (Å²) >= 11 is 1.70. The van der Waals surface area contributed by atoms with E-state index in [4.69, 9.17) is 9.40 Å². The van der Waals surface area contributed by atoms with Crippen molar-refractivity contribution >= 4 is 60.6 Å². The van der Waals surface area contributed by atoms with E-state index < -0.39 is 0 Å². The Morgan fingerprint density at radius 2 is 0.915 bits per heavy atom. The van der Waals surface area contributed by atoms with Gasteiger partial charge in [0.2, 0.25) is 0 Å². The molecule has 222 valence electrons. The van der Waals surface area contributed by atoms with Gasteiger partial charge >= 0.3 is 0 Å². The highest BCUT2D eigenvalue weighted by Gasteiger charge is 2.17. The van der Waals surface area contributed by atoms with E-state index in [0.717, 1.165) is 59.8 Å². The average Bonchev–Trinajstić information content (AvgIpc) is 3.72. The highest BCUT2D eigenvalue weighted by molar-refractivity contribution is 7.21. The van der Waals surface area contributed by atoms with Crippen molar-refractivity contribution in [3.8, 4) is 32.8 Å². The van der Waals surface area contributed by atoms with Crippen LogP contribution < -0.4 is 4.90 Å². The standard InChI is InChI=1S/C43H28N2OS/c1-4-10-29(11-5-1)31-16-20-34(21-17-31)45(35-22-18-32(19-23-35)30-12-6-2-7-13-30)36-24-25-37-38-27-39-42(28-41(38)46-40(37)26-36)47-43(44-39)33-14-8-3-9-15-33/h1-28H. The minimum Gasteiger partial charge on any atom is -0.456 e. The molecule has 9 aromatic rings. The zero-order chi connectivity index (χ0) is 31.2. The molecule has 2 aromatic heterocycles. The van der Waals surface area contributed by atoms with Crippen LogP contribution in [0.5, 0.6) is 0 Å². The number of benzene rings is 7. The first-order valence-electron chi connectivity index (χ1n) is 15.7. The summed E-state index contributed by atoms with van der Waals surface area (Å²) in [6, 6.07) is 59.7. The van der Waals surface area contributed by atoms with Gasteiger partial charge in [0.25, 0.3) is 0 Å². The fourth-order valence-corrected chi connectivity index (χ4v) is 7.33. The first kappa shape index (κ1) is 27.3. The molecule has 3 nitrogen and oxygen atoms in total. The minimum absolute atomic E-state index is 0.852. The molecular formula is C43H28N2OS. The largest absolute Gasteiger partial charge is 0.456 e. The number of anilines is 3. The highest BCUT2D eigenvalue weighted by atomic mass is 32.1. The molecule has 7 aromatic carbocycles. The lowest BCUT2D eigenvalue weighted by Crippen LogP contribution is -2.09. The summed E-state index contributed by atoms with van der Waals surface area (Å²) in [6.07, 6.45) is 0. The van der Waals surface area contributed by atoms with Gasteiger partial charge in [-0.3, -0.25) is 0 Å². The van der Waals surface area contributed by atoms with Gasteiger partial charge in [-0.1, -0.05) is 115 Å². The maximum Gasteiger partial charge on any atom is 0.137 e. The van der Waals surface area contributed by atoms with Crippen LogP contribution in [-0.4, -0.2) is 4.98 Å². The van der Waals surface area contributed by atoms with Crippen LogP contribution in [0.4, 0.5) is 17.1 Å². The Bertz CT molecular complexity index is 2400. The molecule has 4 heteroatoms. The summed E-state index contributed by atoms with van der Waals surface area (Å²) in [6.45, 7) is 0. The topological polar surface area (TPSA) is 29.3 Å². The van der Waals surface area contributed by atoms with Gasteiger partial charge in [-0.25, -0.2) is 4.98 Å². The van der Waals surface area contributed by atoms with Crippen LogP contribution in [-0.2, 0) is 0 Å². The minimum atomic E-state index is 0.852. The lowest BCUT2D eigenvalue weighted by atomic mass is 10.0. The third kappa shape index (κ3) is 5.05. The molecule has 0 bridgehead atoms. The number of furan rings is 1. The summed E-state index contributed by atoms with van der Waals surface area (Å²) in [7, 11) is 0. The van der Waals surface area contributed by atoms with Crippen molar-refractivity contribution in [2.45, 2.75) is 0 Å². The summed E-state index contributed by atoms with van der Waals surface area (Å²) in [5.41, 5.74) is 11.8. The van der Waals surface area contributed by atoms with E-state index in [2.05, 4.69) is 169 Å². The Balaban J connectivity index is 1.14. The Morgan fingerprint density at radius 3 is 1.49 bits per heavy atom. The predicted molar refractivity (Wildman–Crippen MR) is 198 cm³/mol. The molecule has 0 radical (unpaired) electrons. The molecule has 0 spiro atoms. The molecule has 0 saturated carbocycles. The van der Waals surface area contributed by atoms with E-state index in [1.165, 1.54) is 22.3 Å². The number of nitrogens with zero attached hydrogens (tertiary/aromatic N) is 2. The van der Waals surface area contributed by atoms with Gasteiger partial charge in [0.1, 0.15) is 16.2 Å². The molecule has 0 saturated heterocycles. The summed E-state index contributed by atoms with van der Waals surface area (Å²) in [4.78, 5) is 7.27. The molecule has 0 aliphatic rings. The number of hydrogen-bond donors (Lipinski definition) is 0. The lowest BCUT2D eigenvalue weighted by Gasteiger charge is -2.26. The third-order valence-electron chi connectivity index (χ3n) is 8.71. The Hall–Kier alpha value is -5.97. The van der Waals surface area contributed by atoms with Crippen molar-refractivity contribution in [3.63, 3.8) is 0 Å². The van der Waals surface area contributed by atoms with Gasteiger partial charge in [0.15, 0.2) is 0 Å². The molecule has 9 rings (SSSR count). The number of rotatable bonds is 6. The van der Waals surface area contributed by atoms with Crippen LogP contribution >= 0.6 is 11.3 Å². The Kier molecular flexibility index (Phi) is 6.65. The van der Waals surface area contributed by atoms with Crippen molar-refractivity contribution < 1.29 is 4.42 Å². The number of hydrogen-bond acceptors (Lipinski definition) is 4. The molecular weight excluding hydrogens is 593 g/mol. The first-order chi connectivity index (χ1) is 23.3. The van der Waals surface area contributed by atoms with Gasteiger partial charge < -0.3 is 9.32 Å². The van der Waals surface area contributed by atoms with Crippen molar-refractivity contribution in [2.24, 2.45) is 0 Å². The first-order valence-corrected chi connectivity index (χ1v) is 16.5. The second kappa shape index (κ2) is 11.4. The van der Waals surface area contributed by atoms with Crippen LogP contribution in [0.25, 0.3) is 65.0 Å². The summed E-state index contributed by atoms with van der Waals surface area (Å²) in [5.74, 6) is 0. The molecule has 2 heterocycles. The highest BCUT2D eigenvalue weighted by Crippen LogP contribution is 2.41. The van der Waals surface area contributed by atoms with Crippen molar-refractivity contribution in [1.29, 1.82) is 0 Å². The summed E-state index contributed by atoms with van der Waals surface area (Å²) in [5, 5.41) is 3.18. The zero-order valence-electron chi connectivity index (χ0n) is 25.4. The quantitative estimate of drug-likeness (QED) is 0.185. The SMILES string of the molecule is c1ccc(-c2ccc(N(c3ccc(-c4ccccc4)cc3)c3ccc4c(c3)oc3cc5sc(-c6ccccc6)nc5cc34)cc2)cc1. The van der Waals surface area contributed by atoms with Crippen molar-refractivity contribution in [1.82, 2.24) is 4.98 Å². The van der Waals surface area contributed by atoms with Crippen LogP contribution in [0.3, 0.4) is 0 Å². The maximum atomic E-state index is 6.54. The van der Waals surface area contributed by atoms with Crippen molar-refractivity contribution in [2.75, 3.05) is 4.90 Å². The van der Waals surface area contributed by atoms with Gasteiger partial charge in [0, 0.05) is 45.5 Å². The smallest absolute Gasteiger partial charge is 0.137 e. The van der Waals surface area contributed by atoms with E-state index in [-0.39, 0.29) is 0 Å². The number of aromatic nitrogens is 1. The molecule has 0 aliphatic carbocycles. The van der Waals surface area contributed by atoms with E-state index in [9.17, 15) is 0 Å². The summed E-state index contributed by atoms with van der Waals surface area (Å²) < 4.78 is 7.66. The van der Waals surface area contributed by atoms with E-state index in [0.29, 0.717) is 0 Å². The van der Waals surface area contributed by atoms with E-state index >= 15 is 0 Å². The zero-order valence-corrected chi connectivity index (χ0v) is 26.2. The van der Waals surface area contributed by atoms with Gasteiger partial charge in [-0.2, -0.15) is 0 Å². The Morgan fingerprint density at radius 1 is 0.426 bits per heavy atom. The molecule has 47 heavy (non-hydrogen) atoms. The second-order valence-corrected chi connectivity index (χ2v) is 12.7. The number of fused-ring (bicyclic) bond motifs is 4. The molecule has 0 fully saturated rings. The lowest BCUT2D eigenvalue weighted by molar-refractivity contribution is 0.669. The predicted octanol–water partition coefficient (Wildman–Crippen LogP) is 12.7. The van der Waals surface area contributed by atoms with Gasteiger partial charge in [-0.15, -0.1) is 11.3 Å². The molecule has 0 atom stereocenters. The fourth-order valence-electron chi connectivity index (χ4n) is 6.34. The molecule has 0 amide bonds. The van der Waals surface area contributed by atoms with E-state index in [1.54, 1.807) is 11.3 Å². The van der Waals surface area contributed by atoms with Gasteiger partial charge in [0.05, 0.1) is 10.2 Å². The molecule has 0 unspecified atom stereocenters. The second-order valence-electron chi connectivity index (χ2n) is 11.6. The number of thiazole rings is 1. The monoisotopic (exact) mass is 620 g/mol. The van der Waals surface area contributed by atoms with Crippen LogP contribution in [0, 0.1) is 0 Å².